The molecule has 0 unspecified atom stereocenters. The van der Waals surface area contributed by atoms with Crippen molar-refractivity contribution in [3.05, 3.63) is 88.2 Å². The van der Waals surface area contributed by atoms with Gasteiger partial charge in [0, 0.05) is 25.9 Å². The second-order valence-electron chi connectivity index (χ2n) is 8.28. The number of amides is 1. The van der Waals surface area contributed by atoms with Gasteiger partial charge in [-0.1, -0.05) is 48.9 Å². The number of alkyl halides is 6. The summed E-state index contributed by atoms with van der Waals surface area (Å²) in [7, 11) is 0. The molecule has 0 fully saturated rings. The molecule has 0 radical (unpaired) electrons. The van der Waals surface area contributed by atoms with Crippen LogP contribution in [0.5, 0.6) is 0 Å². The molecule has 3 rings (SSSR count). The Morgan fingerprint density at radius 2 is 1.58 bits per heavy atom. The van der Waals surface area contributed by atoms with Crippen LogP contribution in [-0.2, 0) is 18.9 Å². The highest BCUT2D eigenvalue weighted by molar-refractivity contribution is 6.33. The van der Waals surface area contributed by atoms with Crippen molar-refractivity contribution in [3.63, 3.8) is 0 Å². The predicted molar refractivity (Wildman–Crippen MR) is 122 cm³/mol. The van der Waals surface area contributed by atoms with Gasteiger partial charge in [0.05, 0.1) is 16.7 Å². The number of benzene rings is 2. The molecule has 0 spiro atoms. The van der Waals surface area contributed by atoms with E-state index in [9.17, 15) is 36.2 Å². The lowest BCUT2D eigenvalue weighted by atomic mass is 9.99. The fourth-order valence-corrected chi connectivity index (χ4v) is 3.88. The summed E-state index contributed by atoms with van der Waals surface area (Å²) in [6, 6.07) is 11.3. The Bertz CT molecular complexity index is 1180. The van der Waals surface area contributed by atoms with Gasteiger partial charge in [0.15, 0.2) is 0 Å². The van der Waals surface area contributed by atoms with Gasteiger partial charge in [-0.3, -0.25) is 4.79 Å². The molecule has 4 nitrogen and oxygen atoms in total. The van der Waals surface area contributed by atoms with E-state index in [1.54, 1.807) is 37.3 Å². The van der Waals surface area contributed by atoms with Crippen LogP contribution in [0.3, 0.4) is 0 Å². The number of hydrogen-bond donors (Lipinski definition) is 1. The molecule has 1 heterocycles. The lowest BCUT2D eigenvalue weighted by molar-refractivity contribution is -0.143. The third-order valence-electron chi connectivity index (χ3n) is 5.36. The Labute approximate surface area is 208 Å². The van der Waals surface area contributed by atoms with Crippen LogP contribution in [0.4, 0.5) is 26.3 Å². The summed E-state index contributed by atoms with van der Waals surface area (Å²) < 4.78 is 80.1. The van der Waals surface area contributed by atoms with Crippen molar-refractivity contribution in [3.8, 4) is 11.1 Å². The van der Waals surface area contributed by atoms with Gasteiger partial charge < -0.3 is 10.0 Å². The molecule has 3 aromatic rings. The van der Waals surface area contributed by atoms with E-state index in [-0.39, 0.29) is 35.5 Å². The fraction of sp³-hybridized carbons (Fsp3) is 0.280. The van der Waals surface area contributed by atoms with Crippen molar-refractivity contribution in [2.45, 2.75) is 25.8 Å². The standard InChI is InChI=1S/C25H21ClF6N2O2/c1-15(14-35)12-34(13-16-9-18(24(27,28)29)11-19(10-16)25(30,31)32)23(36)21-20(7-8-33-22(21)26)17-5-3-2-4-6-17/h2-11,15,35H,12-14H2,1H3/t15-/m1/s1. The molecule has 36 heavy (non-hydrogen) atoms. The highest BCUT2D eigenvalue weighted by Crippen LogP contribution is 2.37. The van der Waals surface area contributed by atoms with E-state index in [0.29, 0.717) is 23.3 Å². The smallest absolute Gasteiger partial charge is 0.396 e. The van der Waals surface area contributed by atoms with E-state index < -0.39 is 41.8 Å². The number of nitrogens with zero attached hydrogens (tertiary/aromatic N) is 2. The van der Waals surface area contributed by atoms with E-state index in [0.717, 1.165) is 4.90 Å². The van der Waals surface area contributed by atoms with E-state index in [4.69, 9.17) is 11.6 Å². The average Bonchev–Trinajstić information content (AvgIpc) is 2.82. The van der Waals surface area contributed by atoms with Crippen LogP contribution in [0.25, 0.3) is 11.1 Å². The molecule has 1 amide bonds. The Hall–Kier alpha value is -3.11. The maximum atomic E-state index is 13.7. The molecule has 0 saturated carbocycles. The first-order valence-corrected chi connectivity index (χ1v) is 11.1. The van der Waals surface area contributed by atoms with Crippen LogP contribution < -0.4 is 0 Å². The molecule has 0 aliphatic heterocycles. The van der Waals surface area contributed by atoms with Gasteiger partial charge in [-0.2, -0.15) is 26.3 Å². The number of carbonyl (C=O) groups is 1. The summed E-state index contributed by atoms with van der Waals surface area (Å²) in [5.41, 5.74) is -2.41. The normalized spacial score (nSPS) is 12.9. The van der Waals surface area contributed by atoms with Gasteiger partial charge in [0.25, 0.3) is 5.91 Å². The van der Waals surface area contributed by atoms with Crippen LogP contribution in [0.2, 0.25) is 5.15 Å². The van der Waals surface area contributed by atoms with Crippen LogP contribution in [-0.4, -0.2) is 34.0 Å². The molecule has 0 aliphatic rings. The summed E-state index contributed by atoms with van der Waals surface area (Å²) in [5.74, 6) is -1.28. The number of carbonyl (C=O) groups excluding carboxylic acids is 1. The number of hydrogen-bond acceptors (Lipinski definition) is 3. The van der Waals surface area contributed by atoms with Crippen molar-refractivity contribution < 1.29 is 36.2 Å². The maximum Gasteiger partial charge on any atom is 0.416 e. The Balaban J connectivity index is 2.10. The molecule has 0 aliphatic carbocycles. The van der Waals surface area contributed by atoms with Crippen molar-refractivity contribution >= 4 is 17.5 Å². The predicted octanol–water partition coefficient (Wildman–Crippen LogP) is 6.71. The van der Waals surface area contributed by atoms with Gasteiger partial charge in [-0.15, -0.1) is 0 Å². The lowest BCUT2D eigenvalue weighted by Gasteiger charge is -2.27. The number of aromatic nitrogens is 1. The zero-order chi connectivity index (χ0) is 26.7. The van der Waals surface area contributed by atoms with Crippen molar-refractivity contribution in [2.75, 3.05) is 13.2 Å². The molecule has 1 N–H and O–H groups in total. The third kappa shape index (κ3) is 6.55. The summed E-state index contributed by atoms with van der Waals surface area (Å²) in [5, 5.41) is 9.34. The Kier molecular flexibility index (Phi) is 8.30. The largest absolute Gasteiger partial charge is 0.416 e. The molecule has 0 bridgehead atoms. The van der Waals surface area contributed by atoms with Crippen LogP contribution in [0.1, 0.15) is 34.0 Å². The summed E-state index contributed by atoms with van der Waals surface area (Å²) >= 11 is 6.26. The first-order valence-electron chi connectivity index (χ1n) is 10.7. The van der Waals surface area contributed by atoms with Crippen molar-refractivity contribution in [1.82, 2.24) is 9.88 Å². The Morgan fingerprint density at radius 1 is 1.00 bits per heavy atom. The number of pyridine rings is 1. The molecular formula is C25H21ClF6N2O2. The molecule has 192 valence electrons. The maximum absolute atomic E-state index is 13.7. The molecule has 1 atom stereocenters. The van der Waals surface area contributed by atoms with Gasteiger partial charge in [0.1, 0.15) is 5.15 Å². The van der Waals surface area contributed by atoms with Crippen LogP contribution in [0, 0.1) is 5.92 Å². The van der Waals surface area contributed by atoms with E-state index in [1.165, 1.54) is 12.3 Å². The summed E-state index contributed by atoms with van der Waals surface area (Å²) in [6.45, 7) is 0.463. The average molecular weight is 531 g/mol. The minimum atomic E-state index is -5.03. The van der Waals surface area contributed by atoms with Crippen LogP contribution in [0.15, 0.2) is 60.8 Å². The zero-order valence-corrected chi connectivity index (χ0v) is 19.6. The minimum Gasteiger partial charge on any atom is -0.396 e. The van der Waals surface area contributed by atoms with E-state index in [2.05, 4.69) is 4.98 Å². The molecule has 11 heteroatoms. The quantitative estimate of drug-likeness (QED) is 0.273. The molecule has 0 saturated heterocycles. The summed E-state index contributed by atoms with van der Waals surface area (Å²) in [4.78, 5) is 18.7. The molecule has 1 aromatic heterocycles. The second-order valence-corrected chi connectivity index (χ2v) is 8.64. The molecule has 2 aromatic carbocycles. The number of rotatable bonds is 7. The van der Waals surface area contributed by atoms with E-state index >= 15 is 0 Å². The number of aliphatic hydroxyl groups excluding tert-OH is 1. The van der Waals surface area contributed by atoms with Gasteiger partial charge >= 0.3 is 12.4 Å². The summed E-state index contributed by atoms with van der Waals surface area (Å²) in [6.07, 6.45) is -8.68. The van der Waals surface area contributed by atoms with Gasteiger partial charge in [0.2, 0.25) is 0 Å². The number of aliphatic hydroxyl groups is 1. The molecular weight excluding hydrogens is 510 g/mol. The minimum absolute atomic E-state index is 0.0253. The Morgan fingerprint density at radius 3 is 2.11 bits per heavy atom. The van der Waals surface area contributed by atoms with Gasteiger partial charge in [-0.05, 0) is 46.9 Å². The second kappa shape index (κ2) is 10.9. The zero-order valence-electron chi connectivity index (χ0n) is 18.9. The third-order valence-corrected chi connectivity index (χ3v) is 5.64. The topological polar surface area (TPSA) is 53.4 Å². The first kappa shape index (κ1) is 27.5. The first-order chi connectivity index (χ1) is 16.8. The van der Waals surface area contributed by atoms with Gasteiger partial charge in [-0.25, -0.2) is 4.98 Å². The van der Waals surface area contributed by atoms with E-state index in [1.807, 2.05) is 0 Å². The lowest BCUT2D eigenvalue weighted by Crippen LogP contribution is -2.36. The van der Waals surface area contributed by atoms with Crippen molar-refractivity contribution in [1.29, 1.82) is 0 Å². The highest BCUT2D eigenvalue weighted by Gasteiger charge is 2.37. The van der Waals surface area contributed by atoms with Crippen LogP contribution >= 0.6 is 11.6 Å². The van der Waals surface area contributed by atoms with Crippen molar-refractivity contribution in [2.24, 2.45) is 5.92 Å². The SMILES string of the molecule is C[C@@H](CO)CN(Cc1cc(C(F)(F)F)cc(C(F)(F)F)c1)C(=O)c1c(-c2ccccc2)ccnc1Cl. The highest BCUT2D eigenvalue weighted by atomic mass is 35.5. The monoisotopic (exact) mass is 530 g/mol. The fourth-order valence-electron chi connectivity index (χ4n) is 3.64. The number of halogens is 7.